The van der Waals surface area contributed by atoms with E-state index in [1.807, 2.05) is 30.3 Å². The fourth-order valence-electron chi connectivity index (χ4n) is 2.44. The predicted octanol–water partition coefficient (Wildman–Crippen LogP) is 5.69. The van der Waals surface area contributed by atoms with Gasteiger partial charge in [0.05, 0.1) is 7.11 Å². The first kappa shape index (κ1) is 14.2. The van der Waals surface area contributed by atoms with Crippen LogP contribution in [0.1, 0.15) is 0 Å². The zero-order valence-corrected chi connectivity index (χ0v) is 12.6. The monoisotopic (exact) mass is 286 g/mol. The second-order valence-electron chi connectivity index (χ2n) is 5.06. The number of hydrogen-bond donors (Lipinski definition) is 0. The molecule has 0 fully saturated rings. The van der Waals surface area contributed by atoms with Gasteiger partial charge in [-0.15, -0.1) is 0 Å². The molecule has 0 aliphatic rings. The van der Waals surface area contributed by atoms with Crippen LogP contribution in [0.25, 0.3) is 21.5 Å². The zero-order valence-electron chi connectivity index (χ0n) is 12.6. The van der Waals surface area contributed by atoms with Crippen LogP contribution >= 0.6 is 0 Å². The van der Waals surface area contributed by atoms with E-state index < -0.39 is 0 Å². The Balaban J connectivity index is 0.000000154. The van der Waals surface area contributed by atoms with Crippen molar-refractivity contribution in [2.45, 2.75) is 0 Å². The van der Waals surface area contributed by atoms with E-state index in [0.717, 1.165) is 5.75 Å². The van der Waals surface area contributed by atoms with E-state index in [9.17, 15) is 0 Å². The zero-order chi connectivity index (χ0) is 15.2. The van der Waals surface area contributed by atoms with Crippen LogP contribution < -0.4 is 4.74 Å². The molecule has 0 aliphatic heterocycles. The van der Waals surface area contributed by atoms with Crippen molar-refractivity contribution in [3.8, 4) is 5.75 Å². The molecule has 1 nitrogen and oxygen atoms in total. The maximum Gasteiger partial charge on any atom is 0.118 e. The molecule has 4 aromatic carbocycles. The lowest BCUT2D eigenvalue weighted by Gasteiger charge is -2.00. The predicted molar refractivity (Wildman–Crippen MR) is 94.4 cm³/mol. The molecule has 0 spiro atoms. The fourth-order valence-corrected chi connectivity index (χ4v) is 2.44. The smallest absolute Gasteiger partial charge is 0.118 e. The molecule has 0 radical (unpaired) electrons. The van der Waals surface area contributed by atoms with E-state index in [1.54, 1.807) is 7.11 Å². The van der Waals surface area contributed by atoms with Crippen LogP contribution in [0.15, 0.2) is 91.0 Å². The summed E-state index contributed by atoms with van der Waals surface area (Å²) in [6, 6.07) is 31.1. The van der Waals surface area contributed by atoms with Gasteiger partial charge in [0, 0.05) is 0 Å². The van der Waals surface area contributed by atoms with Crippen LogP contribution in [0, 0.1) is 0 Å². The summed E-state index contributed by atoms with van der Waals surface area (Å²) in [6.45, 7) is 0. The molecule has 0 atom stereocenters. The van der Waals surface area contributed by atoms with Gasteiger partial charge in [-0.3, -0.25) is 0 Å². The Morgan fingerprint density at radius 2 is 0.864 bits per heavy atom. The SMILES string of the molecule is COc1ccccc1.c1ccc2cc3ccccc3cc2c1. The highest BCUT2D eigenvalue weighted by Gasteiger charge is 1.95. The van der Waals surface area contributed by atoms with Gasteiger partial charge in [-0.2, -0.15) is 0 Å². The van der Waals surface area contributed by atoms with E-state index in [1.165, 1.54) is 21.5 Å². The van der Waals surface area contributed by atoms with Gasteiger partial charge in [-0.05, 0) is 45.8 Å². The summed E-state index contributed by atoms with van der Waals surface area (Å²) in [5.74, 6) is 0.910. The van der Waals surface area contributed by atoms with E-state index in [-0.39, 0.29) is 0 Å². The second kappa shape index (κ2) is 6.77. The first-order chi connectivity index (χ1) is 10.9. The highest BCUT2D eigenvalue weighted by molar-refractivity contribution is 5.98. The molecule has 4 aromatic rings. The Kier molecular flexibility index (Phi) is 4.35. The van der Waals surface area contributed by atoms with Crippen molar-refractivity contribution < 1.29 is 4.74 Å². The Labute approximate surface area is 130 Å². The Morgan fingerprint density at radius 1 is 0.500 bits per heavy atom. The standard InChI is InChI=1S/C14H10.C7H8O/c1-2-6-12-10-14-8-4-3-7-13(14)9-11(12)5-1;1-8-7-5-3-2-4-6-7/h1-10H;2-6H,1H3. The lowest BCUT2D eigenvalue weighted by Crippen LogP contribution is -1.78. The summed E-state index contributed by atoms with van der Waals surface area (Å²) in [5.41, 5.74) is 0. The molecule has 0 N–H and O–H groups in total. The quantitative estimate of drug-likeness (QED) is 0.408. The molecule has 4 rings (SSSR count). The largest absolute Gasteiger partial charge is 0.497 e. The molecule has 0 saturated heterocycles. The van der Waals surface area contributed by atoms with Crippen LogP contribution in [0.3, 0.4) is 0 Å². The van der Waals surface area contributed by atoms with Crippen molar-refractivity contribution in [2.75, 3.05) is 7.11 Å². The van der Waals surface area contributed by atoms with Gasteiger partial charge in [0.25, 0.3) is 0 Å². The van der Waals surface area contributed by atoms with Crippen LogP contribution in [0.4, 0.5) is 0 Å². The number of rotatable bonds is 1. The van der Waals surface area contributed by atoms with Crippen LogP contribution in [0.5, 0.6) is 5.75 Å². The molecule has 0 aromatic heterocycles. The summed E-state index contributed by atoms with van der Waals surface area (Å²) in [4.78, 5) is 0. The van der Waals surface area contributed by atoms with Gasteiger partial charge in [-0.25, -0.2) is 0 Å². The van der Waals surface area contributed by atoms with Crippen molar-refractivity contribution in [2.24, 2.45) is 0 Å². The Bertz CT molecular complexity index is 761. The van der Waals surface area contributed by atoms with Gasteiger partial charge in [0.15, 0.2) is 0 Å². The molecule has 0 unspecified atom stereocenters. The molecule has 0 saturated carbocycles. The highest BCUT2D eigenvalue weighted by Crippen LogP contribution is 2.22. The van der Waals surface area contributed by atoms with E-state index in [2.05, 4.69) is 60.7 Å². The number of fused-ring (bicyclic) bond motifs is 2. The molecule has 108 valence electrons. The Hall–Kier alpha value is -2.80. The van der Waals surface area contributed by atoms with Crippen molar-refractivity contribution in [1.82, 2.24) is 0 Å². The minimum atomic E-state index is 0.910. The van der Waals surface area contributed by atoms with Gasteiger partial charge < -0.3 is 4.74 Å². The first-order valence-corrected chi connectivity index (χ1v) is 7.33. The number of methoxy groups -OCH3 is 1. The molecule has 0 heterocycles. The van der Waals surface area contributed by atoms with E-state index >= 15 is 0 Å². The molecular formula is C21H18O. The second-order valence-corrected chi connectivity index (χ2v) is 5.06. The summed E-state index contributed by atoms with van der Waals surface area (Å²) in [6.07, 6.45) is 0. The summed E-state index contributed by atoms with van der Waals surface area (Å²) < 4.78 is 4.91. The lowest BCUT2D eigenvalue weighted by molar-refractivity contribution is 0.415. The van der Waals surface area contributed by atoms with E-state index in [4.69, 9.17) is 4.74 Å². The number of benzene rings is 4. The molecular weight excluding hydrogens is 268 g/mol. The number of hydrogen-bond acceptors (Lipinski definition) is 1. The van der Waals surface area contributed by atoms with E-state index in [0.29, 0.717) is 0 Å². The van der Waals surface area contributed by atoms with Gasteiger partial charge >= 0.3 is 0 Å². The normalized spacial score (nSPS) is 10.0. The van der Waals surface area contributed by atoms with Crippen molar-refractivity contribution in [3.05, 3.63) is 91.0 Å². The van der Waals surface area contributed by atoms with Crippen molar-refractivity contribution in [3.63, 3.8) is 0 Å². The van der Waals surface area contributed by atoms with Crippen LogP contribution in [-0.2, 0) is 0 Å². The molecule has 0 amide bonds. The van der Waals surface area contributed by atoms with Gasteiger partial charge in [0.1, 0.15) is 5.75 Å². The minimum absolute atomic E-state index is 0.910. The maximum atomic E-state index is 4.91. The Morgan fingerprint density at radius 3 is 1.18 bits per heavy atom. The molecule has 0 aliphatic carbocycles. The summed E-state index contributed by atoms with van der Waals surface area (Å²) >= 11 is 0. The summed E-state index contributed by atoms with van der Waals surface area (Å²) in [5, 5.41) is 5.25. The molecule has 0 bridgehead atoms. The lowest BCUT2D eigenvalue weighted by atomic mass is 10.0. The third kappa shape index (κ3) is 3.26. The van der Waals surface area contributed by atoms with Crippen LogP contribution in [0.2, 0.25) is 0 Å². The van der Waals surface area contributed by atoms with Crippen LogP contribution in [-0.4, -0.2) is 7.11 Å². The number of para-hydroxylation sites is 1. The third-order valence-electron chi connectivity index (χ3n) is 3.59. The third-order valence-corrected chi connectivity index (χ3v) is 3.59. The van der Waals surface area contributed by atoms with Gasteiger partial charge in [0.2, 0.25) is 0 Å². The fraction of sp³-hybridized carbons (Fsp3) is 0.0476. The molecule has 22 heavy (non-hydrogen) atoms. The first-order valence-electron chi connectivity index (χ1n) is 7.33. The van der Waals surface area contributed by atoms with Gasteiger partial charge in [-0.1, -0.05) is 66.7 Å². The number of ether oxygens (including phenoxy) is 1. The highest BCUT2D eigenvalue weighted by atomic mass is 16.5. The topological polar surface area (TPSA) is 9.23 Å². The maximum absolute atomic E-state index is 4.91. The average molecular weight is 286 g/mol. The van der Waals surface area contributed by atoms with Crippen molar-refractivity contribution in [1.29, 1.82) is 0 Å². The summed E-state index contributed by atoms with van der Waals surface area (Å²) in [7, 11) is 1.66. The average Bonchev–Trinajstić information content (AvgIpc) is 2.61. The molecule has 1 heteroatoms. The minimum Gasteiger partial charge on any atom is -0.497 e. The van der Waals surface area contributed by atoms with Crippen molar-refractivity contribution >= 4 is 21.5 Å².